The summed E-state index contributed by atoms with van der Waals surface area (Å²) in [7, 11) is 4.95. The van der Waals surface area contributed by atoms with Crippen LogP contribution in [0.25, 0.3) is 0 Å². The van der Waals surface area contributed by atoms with E-state index in [0.717, 1.165) is 55.5 Å². The molecule has 6 nitrogen and oxygen atoms in total. The van der Waals surface area contributed by atoms with Gasteiger partial charge in [0, 0.05) is 39.2 Å². The van der Waals surface area contributed by atoms with E-state index in [4.69, 9.17) is 14.2 Å². The monoisotopic (exact) mass is 534 g/mol. The van der Waals surface area contributed by atoms with Gasteiger partial charge in [0.15, 0.2) is 5.78 Å². The highest BCUT2D eigenvalue weighted by Gasteiger charge is 2.38. The number of Topliss-reactive ketones (excluding diaryl/α,β-unsaturated/α-hetero) is 1. The lowest BCUT2D eigenvalue weighted by molar-refractivity contribution is -0.116. The Morgan fingerprint density at radius 3 is 2.29 bits per heavy atom. The molecule has 0 fully saturated rings. The molecule has 0 saturated heterocycles. The van der Waals surface area contributed by atoms with Crippen molar-refractivity contribution in [2.75, 3.05) is 32.0 Å². The lowest BCUT2D eigenvalue weighted by Crippen LogP contribution is -2.27. The Kier molecular flexibility index (Phi) is 6.43. The second-order valence-electron chi connectivity index (χ2n) is 8.66. The fourth-order valence-electron chi connectivity index (χ4n) is 5.03. The van der Waals surface area contributed by atoms with Crippen LogP contribution in [-0.4, -0.2) is 27.1 Å². The molecular formula is C28H27BrN2O4. The summed E-state index contributed by atoms with van der Waals surface area (Å²) >= 11 is 3.59. The van der Waals surface area contributed by atoms with E-state index in [1.54, 1.807) is 21.3 Å². The van der Waals surface area contributed by atoms with Gasteiger partial charge in [0.1, 0.15) is 17.2 Å². The number of para-hydroxylation sites is 2. The quantitative estimate of drug-likeness (QED) is 0.391. The van der Waals surface area contributed by atoms with Gasteiger partial charge in [-0.1, -0.05) is 28.1 Å². The van der Waals surface area contributed by atoms with Gasteiger partial charge in [-0.3, -0.25) is 4.79 Å². The molecule has 0 radical (unpaired) electrons. The van der Waals surface area contributed by atoms with Crippen molar-refractivity contribution in [1.82, 2.24) is 0 Å². The van der Waals surface area contributed by atoms with Crippen molar-refractivity contribution in [2.45, 2.75) is 24.8 Å². The fourth-order valence-corrected chi connectivity index (χ4v) is 5.41. The van der Waals surface area contributed by atoms with E-state index in [2.05, 4.69) is 26.6 Å². The number of fused-ring (bicyclic) bond motifs is 1. The molecule has 0 bridgehead atoms. The van der Waals surface area contributed by atoms with Gasteiger partial charge in [0.05, 0.1) is 38.7 Å². The largest absolute Gasteiger partial charge is 0.497 e. The lowest BCUT2D eigenvalue weighted by Gasteiger charge is -2.31. The van der Waals surface area contributed by atoms with Crippen molar-refractivity contribution in [3.8, 4) is 17.2 Å². The molecule has 180 valence electrons. The Morgan fingerprint density at radius 1 is 0.829 bits per heavy atom. The van der Waals surface area contributed by atoms with Gasteiger partial charge in [-0.05, 0) is 55.0 Å². The first-order valence-corrected chi connectivity index (χ1v) is 12.3. The first-order chi connectivity index (χ1) is 17.0. The lowest BCUT2D eigenvalue weighted by atomic mass is 9.78. The summed E-state index contributed by atoms with van der Waals surface area (Å²) < 4.78 is 17.7. The van der Waals surface area contributed by atoms with Crippen LogP contribution >= 0.6 is 15.9 Å². The van der Waals surface area contributed by atoms with Crippen LogP contribution < -0.4 is 24.8 Å². The number of halogens is 1. The number of ketones is 1. The van der Waals surface area contributed by atoms with Gasteiger partial charge >= 0.3 is 0 Å². The van der Waals surface area contributed by atoms with Gasteiger partial charge in [-0.2, -0.15) is 0 Å². The maximum absolute atomic E-state index is 13.9. The van der Waals surface area contributed by atoms with Crippen LogP contribution in [0.3, 0.4) is 0 Å². The summed E-state index contributed by atoms with van der Waals surface area (Å²) in [5.74, 6) is 2.26. The SMILES string of the molecule is COc1ccc(OC)c(C2CC(=O)C3=C(C2)Nc2ccccc2NC3c2cc(Br)ccc2OC)c1. The number of allylic oxidation sites excluding steroid dienone is 1. The predicted molar refractivity (Wildman–Crippen MR) is 141 cm³/mol. The summed E-state index contributed by atoms with van der Waals surface area (Å²) in [6.45, 7) is 0. The molecule has 1 aliphatic carbocycles. The van der Waals surface area contributed by atoms with E-state index in [-0.39, 0.29) is 17.7 Å². The average Bonchev–Trinajstić information content (AvgIpc) is 3.05. The van der Waals surface area contributed by atoms with E-state index in [0.29, 0.717) is 12.8 Å². The number of rotatable bonds is 5. The maximum Gasteiger partial charge on any atom is 0.163 e. The Balaban J connectivity index is 1.65. The predicted octanol–water partition coefficient (Wildman–Crippen LogP) is 6.45. The molecule has 3 aromatic rings. The van der Waals surface area contributed by atoms with Crippen molar-refractivity contribution in [2.24, 2.45) is 0 Å². The zero-order chi connectivity index (χ0) is 24.5. The smallest absolute Gasteiger partial charge is 0.163 e. The van der Waals surface area contributed by atoms with Gasteiger partial charge in [0.2, 0.25) is 0 Å². The molecule has 0 saturated carbocycles. The molecule has 1 heterocycles. The van der Waals surface area contributed by atoms with Crippen LogP contribution in [0, 0.1) is 0 Å². The zero-order valence-corrected chi connectivity index (χ0v) is 21.4. The van der Waals surface area contributed by atoms with Crippen LogP contribution in [0.1, 0.15) is 35.9 Å². The molecular weight excluding hydrogens is 508 g/mol. The third-order valence-corrected chi connectivity index (χ3v) is 7.18. The minimum absolute atomic E-state index is 0.0471. The third kappa shape index (κ3) is 4.36. The number of carbonyl (C=O) groups excluding carboxylic acids is 1. The van der Waals surface area contributed by atoms with Crippen LogP contribution in [0.4, 0.5) is 11.4 Å². The Bertz CT molecular complexity index is 1320. The first-order valence-electron chi connectivity index (χ1n) is 11.5. The molecule has 0 amide bonds. The summed E-state index contributed by atoms with van der Waals surface area (Å²) in [5.41, 5.74) is 5.37. The molecule has 2 atom stereocenters. The maximum atomic E-state index is 13.9. The van der Waals surface area contributed by atoms with Crippen molar-refractivity contribution in [1.29, 1.82) is 0 Å². The van der Waals surface area contributed by atoms with Crippen molar-refractivity contribution in [3.63, 3.8) is 0 Å². The second kappa shape index (κ2) is 9.66. The molecule has 0 aromatic heterocycles. The number of hydrogen-bond acceptors (Lipinski definition) is 6. The van der Waals surface area contributed by atoms with E-state index in [1.807, 2.05) is 60.7 Å². The molecule has 2 unspecified atom stereocenters. The number of hydrogen-bond donors (Lipinski definition) is 2. The number of ether oxygens (including phenoxy) is 3. The summed E-state index contributed by atoms with van der Waals surface area (Å²) in [5, 5.41) is 7.20. The highest BCUT2D eigenvalue weighted by atomic mass is 79.9. The van der Waals surface area contributed by atoms with Crippen LogP contribution in [-0.2, 0) is 4.79 Å². The third-order valence-electron chi connectivity index (χ3n) is 6.69. The van der Waals surface area contributed by atoms with Crippen molar-refractivity contribution < 1.29 is 19.0 Å². The van der Waals surface area contributed by atoms with Crippen LogP contribution in [0.5, 0.6) is 17.2 Å². The standard InChI is InChI=1S/C28H27BrN2O4/c1-33-18-9-11-25(34-2)19(15-18)16-12-23-27(24(32)13-16)28(20-14-17(29)8-10-26(20)35-3)31-22-7-5-4-6-21(22)30-23/h4-11,14-16,28,30-31H,12-13H2,1-3H3. The number of methoxy groups -OCH3 is 3. The molecule has 2 aliphatic rings. The number of benzene rings is 3. The van der Waals surface area contributed by atoms with E-state index in [9.17, 15) is 4.79 Å². The highest BCUT2D eigenvalue weighted by Crippen LogP contribution is 2.47. The fraction of sp³-hybridized carbons (Fsp3) is 0.250. The van der Waals surface area contributed by atoms with Gasteiger partial charge in [0.25, 0.3) is 0 Å². The van der Waals surface area contributed by atoms with Gasteiger partial charge in [-0.25, -0.2) is 0 Å². The van der Waals surface area contributed by atoms with Crippen LogP contribution in [0.2, 0.25) is 0 Å². The number of anilines is 2. The van der Waals surface area contributed by atoms with E-state index >= 15 is 0 Å². The molecule has 2 N–H and O–H groups in total. The Morgan fingerprint density at radius 2 is 1.54 bits per heavy atom. The van der Waals surface area contributed by atoms with Crippen molar-refractivity contribution in [3.05, 3.63) is 87.5 Å². The Labute approximate surface area is 213 Å². The topological polar surface area (TPSA) is 68.8 Å². The molecule has 35 heavy (non-hydrogen) atoms. The molecule has 0 spiro atoms. The van der Waals surface area contributed by atoms with Gasteiger partial charge < -0.3 is 24.8 Å². The van der Waals surface area contributed by atoms with E-state index < -0.39 is 0 Å². The molecule has 5 rings (SSSR count). The normalized spacial score (nSPS) is 19.0. The highest BCUT2D eigenvalue weighted by molar-refractivity contribution is 9.10. The average molecular weight is 535 g/mol. The molecule has 1 aliphatic heterocycles. The van der Waals surface area contributed by atoms with Gasteiger partial charge in [-0.15, -0.1) is 0 Å². The van der Waals surface area contributed by atoms with Crippen LogP contribution in [0.15, 0.2) is 76.4 Å². The molecule has 3 aromatic carbocycles. The minimum Gasteiger partial charge on any atom is -0.497 e. The molecule has 7 heteroatoms. The zero-order valence-electron chi connectivity index (χ0n) is 19.9. The minimum atomic E-state index is -0.366. The summed E-state index contributed by atoms with van der Waals surface area (Å²) in [6, 6.07) is 19.3. The second-order valence-corrected chi connectivity index (χ2v) is 9.58. The Hall–Kier alpha value is -3.45. The summed E-state index contributed by atoms with van der Waals surface area (Å²) in [4.78, 5) is 13.9. The van der Waals surface area contributed by atoms with Crippen molar-refractivity contribution >= 4 is 33.1 Å². The summed E-state index contributed by atoms with van der Waals surface area (Å²) in [6.07, 6.45) is 1.03. The number of nitrogens with one attached hydrogen (secondary N) is 2. The number of carbonyl (C=O) groups is 1. The first kappa shape index (κ1) is 23.3. The van der Waals surface area contributed by atoms with E-state index in [1.165, 1.54) is 0 Å².